The number of hydrogen-bond acceptors (Lipinski definition) is 4. The molecule has 0 radical (unpaired) electrons. The van der Waals surface area contributed by atoms with Crippen LogP contribution in [-0.4, -0.2) is 19.6 Å². The Hall–Kier alpha value is -1.65. The molecular weight excluding hydrogens is 178 g/mol. The van der Waals surface area contributed by atoms with E-state index in [0.717, 1.165) is 5.82 Å². The van der Waals surface area contributed by atoms with Crippen molar-refractivity contribution in [2.75, 3.05) is 5.73 Å². The molecule has 2 heterocycles. The van der Waals surface area contributed by atoms with Crippen LogP contribution in [0, 0.1) is 0 Å². The van der Waals surface area contributed by atoms with Gasteiger partial charge in [-0.05, 0) is 0 Å². The van der Waals surface area contributed by atoms with Crippen molar-refractivity contribution in [3.63, 3.8) is 0 Å². The Morgan fingerprint density at radius 1 is 1.36 bits per heavy atom. The summed E-state index contributed by atoms with van der Waals surface area (Å²) in [7, 11) is 0. The fourth-order valence-corrected chi connectivity index (χ4v) is 1.11. The summed E-state index contributed by atoms with van der Waals surface area (Å²) in [6, 6.07) is 0. The molecule has 74 valence electrons. The first kappa shape index (κ1) is 8.93. The molecule has 2 rings (SSSR count). The molecule has 0 fully saturated rings. The van der Waals surface area contributed by atoms with Crippen molar-refractivity contribution < 1.29 is 0 Å². The maximum atomic E-state index is 5.59. The number of nitrogens with zero attached hydrogens (tertiary/aromatic N) is 4. The fraction of sp³-hybridized carbons (Fsp3) is 0.444. The maximum Gasteiger partial charge on any atom is 0.252 e. The first-order valence-corrected chi connectivity index (χ1v) is 4.45. The molecule has 0 saturated heterocycles. The standard InChI is InChI=1S/C9H13N5/c1-9(2,3)7-12-8-11-4-6(10)5-14(8)13-7/h4-5H,10H2,1-3H3. The molecule has 5 heteroatoms. The maximum absolute atomic E-state index is 5.59. The third-order valence-corrected chi connectivity index (χ3v) is 1.88. The van der Waals surface area contributed by atoms with Crippen LogP contribution in [0.2, 0.25) is 0 Å². The van der Waals surface area contributed by atoms with Gasteiger partial charge in [0, 0.05) is 5.41 Å². The van der Waals surface area contributed by atoms with Gasteiger partial charge in [-0.1, -0.05) is 20.8 Å². The third-order valence-electron chi connectivity index (χ3n) is 1.88. The summed E-state index contributed by atoms with van der Waals surface area (Å²) in [4.78, 5) is 8.39. The second kappa shape index (κ2) is 2.67. The zero-order valence-electron chi connectivity index (χ0n) is 8.52. The topological polar surface area (TPSA) is 69.1 Å². The van der Waals surface area contributed by atoms with Gasteiger partial charge in [-0.15, -0.1) is 5.10 Å². The van der Waals surface area contributed by atoms with Crippen LogP contribution in [0.25, 0.3) is 5.78 Å². The zero-order chi connectivity index (χ0) is 10.3. The Balaban J connectivity index is 2.63. The molecule has 0 atom stereocenters. The van der Waals surface area contributed by atoms with Crippen LogP contribution in [0.5, 0.6) is 0 Å². The van der Waals surface area contributed by atoms with E-state index in [-0.39, 0.29) is 5.41 Å². The highest BCUT2D eigenvalue weighted by molar-refractivity contribution is 5.38. The highest BCUT2D eigenvalue weighted by Crippen LogP contribution is 2.18. The van der Waals surface area contributed by atoms with E-state index in [4.69, 9.17) is 5.73 Å². The second-order valence-electron chi connectivity index (χ2n) is 4.32. The van der Waals surface area contributed by atoms with Crippen LogP contribution < -0.4 is 5.73 Å². The van der Waals surface area contributed by atoms with Gasteiger partial charge in [-0.3, -0.25) is 0 Å². The average Bonchev–Trinajstić information content (AvgIpc) is 2.45. The van der Waals surface area contributed by atoms with Gasteiger partial charge in [0.25, 0.3) is 5.78 Å². The van der Waals surface area contributed by atoms with Crippen LogP contribution in [0.4, 0.5) is 5.69 Å². The summed E-state index contributed by atoms with van der Waals surface area (Å²) in [5, 5.41) is 4.31. The Bertz CT molecular complexity index is 465. The molecule has 2 aromatic heterocycles. The third kappa shape index (κ3) is 1.41. The molecule has 2 N–H and O–H groups in total. The number of nitrogens with two attached hydrogens (primary N) is 1. The SMILES string of the molecule is CC(C)(C)c1nc2ncc(N)cn2n1. The monoisotopic (exact) mass is 191 g/mol. The van der Waals surface area contributed by atoms with E-state index in [0.29, 0.717) is 11.5 Å². The first-order chi connectivity index (χ1) is 6.47. The van der Waals surface area contributed by atoms with Crippen molar-refractivity contribution in [3.05, 3.63) is 18.2 Å². The van der Waals surface area contributed by atoms with Crippen molar-refractivity contribution in [2.24, 2.45) is 0 Å². The molecule has 0 aromatic carbocycles. The Kier molecular flexibility index (Phi) is 1.70. The zero-order valence-corrected chi connectivity index (χ0v) is 8.52. The molecule has 0 unspecified atom stereocenters. The number of fused-ring (bicyclic) bond motifs is 1. The van der Waals surface area contributed by atoms with Gasteiger partial charge in [-0.2, -0.15) is 4.98 Å². The van der Waals surface area contributed by atoms with E-state index >= 15 is 0 Å². The number of rotatable bonds is 0. The summed E-state index contributed by atoms with van der Waals surface area (Å²) < 4.78 is 1.61. The molecule has 0 aliphatic heterocycles. The average molecular weight is 191 g/mol. The smallest absolute Gasteiger partial charge is 0.252 e. The van der Waals surface area contributed by atoms with Crippen molar-refractivity contribution in [1.82, 2.24) is 19.6 Å². The molecule has 14 heavy (non-hydrogen) atoms. The lowest BCUT2D eigenvalue weighted by Gasteiger charge is -2.11. The van der Waals surface area contributed by atoms with Crippen molar-refractivity contribution in [1.29, 1.82) is 0 Å². The predicted molar refractivity (Wildman–Crippen MR) is 53.9 cm³/mol. The Morgan fingerprint density at radius 3 is 2.71 bits per heavy atom. The number of hydrogen-bond donors (Lipinski definition) is 1. The van der Waals surface area contributed by atoms with Crippen LogP contribution in [0.3, 0.4) is 0 Å². The first-order valence-electron chi connectivity index (χ1n) is 4.45. The van der Waals surface area contributed by atoms with Crippen LogP contribution in [-0.2, 0) is 5.41 Å². The molecule has 0 aliphatic rings. The van der Waals surface area contributed by atoms with Gasteiger partial charge in [0.2, 0.25) is 0 Å². The summed E-state index contributed by atoms with van der Waals surface area (Å²) >= 11 is 0. The normalized spacial score (nSPS) is 12.2. The van der Waals surface area contributed by atoms with Crippen molar-refractivity contribution >= 4 is 11.5 Å². The highest BCUT2D eigenvalue weighted by atomic mass is 15.3. The molecule has 0 amide bonds. The number of aromatic nitrogens is 4. The summed E-state index contributed by atoms with van der Waals surface area (Å²) in [5.41, 5.74) is 6.11. The Morgan fingerprint density at radius 2 is 2.07 bits per heavy atom. The van der Waals surface area contributed by atoms with E-state index in [1.54, 1.807) is 16.9 Å². The van der Waals surface area contributed by atoms with Crippen LogP contribution in [0.15, 0.2) is 12.4 Å². The summed E-state index contributed by atoms with van der Waals surface area (Å²) in [5.74, 6) is 1.36. The molecule has 5 nitrogen and oxygen atoms in total. The van der Waals surface area contributed by atoms with E-state index < -0.39 is 0 Å². The number of anilines is 1. The highest BCUT2D eigenvalue weighted by Gasteiger charge is 2.19. The molecule has 0 aliphatic carbocycles. The Labute approximate surface area is 82.0 Å². The molecule has 0 spiro atoms. The molecule has 0 bridgehead atoms. The lowest BCUT2D eigenvalue weighted by molar-refractivity contribution is 0.545. The van der Waals surface area contributed by atoms with E-state index in [9.17, 15) is 0 Å². The summed E-state index contributed by atoms with van der Waals surface area (Å²) in [6.07, 6.45) is 3.29. The fourth-order valence-electron chi connectivity index (χ4n) is 1.11. The molecule has 0 saturated carbocycles. The number of nitrogen functional groups attached to an aromatic ring is 1. The minimum absolute atomic E-state index is 0.0670. The largest absolute Gasteiger partial charge is 0.396 e. The van der Waals surface area contributed by atoms with Crippen molar-refractivity contribution in [3.8, 4) is 0 Å². The molecular formula is C9H13N5. The van der Waals surface area contributed by atoms with Gasteiger partial charge in [-0.25, -0.2) is 9.50 Å². The lowest BCUT2D eigenvalue weighted by atomic mass is 9.96. The van der Waals surface area contributed by atoms with E-state index in [2.05, 4.69) is 35.8 Å². The van der Waals surface area contributed by atoms with Crippen LogP contribution >= 0.6 is 0 Å². The second-order valence-corrected chi connectivity index (χ2v) is 4.32. The van der Waals surface area contributed by atoms with Gasteiger partial charge >= 0.3 is 0 Å². The van der Waals surface area contributed by atoms with Crippen LogP contribution in [0.1, 0.15) is 26.6 Å². The minimum atomic E-state index is -0.0670. The van der Waals surface area contributed by atoms with Gasteiger partial charge in [0.1, 0.15) is 0 Å². The molecule has 2 aromatic rings. The van der Waals surface area contributed by atoms with Gasteiger partial charge in [0.05, 0.1) is 18.1 Å². The summed E-state index contributed by atoms with van der Waals surface area (Å²) in [6.45, 7) is 6.18. The van der Waals surface area contributed by atoms with E-state index in [1.807, 2.05) is 0 Å². The predicted octanol–water partition coefficient (Wildman–Crippen LogP) is 1.00. The minimum Gasteiger partial charge on any atom is -0.396 e. The van der Waals surface area contributed by atoms with Gasteiger partial charge in [0.15, 0.2) is 5.82 Å². The lowest BCUT2D eigenvalue weighted by Crippen LogP contribution is -2.13. The quantitative estimate of drug-likeness (QED) is 0.674. The van der Waals surface area contributed by atoms with Gasteiger partial charge < -0.3 is 5.73 Å². The van der Waals surface area contributed by atoms with E-state index in [1.165, 1.54) is 0 Å². The van der Waals surface area contributed by atoms with Crippen molar-refractivity contribution in [2.45, 2.75) is 26.2 Å².